The summed E-state index contributed by atoms with van der Waals surface area (Å²) in [6, 6.07) is 14.8. The number of rotatable bonds is 12. The van der Waals surface area contributed by atoms with Crippen LogP contribution in [0.15, 0.2) is 84.5 Å². The number of allylic oxidation sites excluding steroid dienone is 5. The fourth-order valence-electron chi connectivity index (χ4n) is 10.8. The molecule has 4 fully saturated rings. The lowest BCUT2D eigenvalue weighted by Gasteiger charge is -2.59. The van der Waals surface area contributed by atoms with Crippen LogP contribution in [0.3, 0.4) is 0 Å². The van der Waals surface area contributed by atoms with Crippen molar-refractivity contribution in [3.05, 3.63) is 101 Å². The molecule has 3 saturated carbocycles. The van der Waals surface area contributed by atoms with E-state index in [1.807, 2.05) is 48.5 Å². The van der Waals surface area contributed by atoms with Crippen LogP contribution in [-0.2, 0) is 39.8 Å². The summed E-state index contributed by atoms with van der Waals surface area (Å²) >= 11 is 0. The maximum Gasteiger partial charge on any atom is 0.320 e. The van der Waals surface area contributed by atoms with Gasteiger partial charge in [-0.05, 0) is 93.8 Å². The zero-order chi connectivity index (χ0) is 41.7. The third kappa shape index (κ3) is 7.51. The molecule has 2 aromatic rings. The van der Waals surface area contributed by atoms with Crippen LogP contribution in [0.4, 0.5) is 5.69 Å². The van der Waals surface area contributed by atoms with E-state index in [9.17, 15) is 24.3 Å². The number of ketones is 1. The van der Waals surface area contributed by atoms with Crippen LogP contribution < -0.4 is 10.6 Å². The van der Waals surface area contributed by atoms with Gasteiger partial charge in [-0.1, -0.05) is 94.5 Å². The summed E-state index contributed by atoms with van der Waals surface area (Å²) in [5, 5.41) is 17.8. The number of carbonyl (C=O) groups is 4. The molecule has 10 atom stereocenters. The molecule has 3 N–H and O–H groups in total. The molecule has 58 heavy (non-hydrogen) atoms. The molecule has 2 aromatic carbocycles. The van der Waals surface area contributed by atoms with E-state index in [0.717, 1.165) is 35.1 Å². The summed E-state index contributed by atoms with van der Waals surface area (Å²) in [6.07, 6.45) is 7.63. The Morgan fingerprint density at radius 2 is 1.78 bits per heavy atom. The Hall–Kier alpha value is -4.42. The Balaban J connectivity index is 1.10. The number of likely N-dealkylation sites (N-methyl/N-ethyl adjacent to an activating group) is 1. The molecule has 5 aliphatic rings. The van der Waals surface area contributed by atoms with Crippen LogP contribution in [0.1, 0.15) is 83.3 Å². The average molecular weight is 794 g/mol. The van der Waals surface area contributed by atoms with Crippen molar-refractivity contribution in [2.45, 2.75) is 96.9 Å². The summed E-state index contributed by atoms with van der Waals surface area (Å²) in [5.74, 6) is -1.39. The maximum absolute atomic E-state index is 14.7. The predicted molar refractivity (Wildman–Crippen MR) is 220 cm³/mol. The lowest BCUT2D eigenvalue weighted by Crippen LogP contribution is -2.63. The molecule has 0 unspecified atom stereocenters. The lowest BCUT2D eigenvalue weighted by molar-refractivity contribution is -0.202. The number of benzene rings is 2. The molecule has 1 heterocycles. The second-order valence-electron chi connectivity index (χ2n) is 18.2. The van der Waals surface area contributed by atoms with Crippen molar-refractivity contribution in [1.82, 2.24) is 10.2 Å². The fraction of sp³-hybridized carbons (Fsp3) is 0.532. The number of anilines is 1. The number of carbonyl (C=O) groups excluding carboxylic acids is 4. The zero-order valence-electron chi connectivity index (χ0n) is 34.9. The van der Waals surface area contributed by atoms with Gasteiger partial charge in [0.1, 0.15) is 6.04 Å². The van der Waals surface area contributed by atoms with Crippen LogP contribution in [0, 0.1) is 34.5 Å². The molecule has 0 bridgehead atoms. The van der Waals surface area contributed by atoms with Crippen molar-refractivity contribution in [3.8, 4) is 0 Å². The zero-order valence-corrected chi connectivity index (χ0v) is 34.9. The number of nitrogens with one attached hydrogen (secondary N) is 2. The monoisotopic (exact) mass is 793 g/mol. The summed E-state index contributed by atoms with van der Waals surface area (Å²) in [5.41, 5.74) is 3.16. The molecule has 1 saturated heterocycles. The van der Waals surface area contributed by atoms with Crippen LogP contribution in [0.5, 0.6) is 0 Å². The van der Waals surface area contributed by atoms with E-state index in [0.29, 0.717) is 24.9 Å². The van der Waals surface area contributed by atoms with Gasteiger partial charge in [0.25, 0.3) is 0 Å². The Morgan fingerprint density at radius 1 is 1.03 bits per heavy atom. The van der Waals surface area contributed by atoms with Gasteiger partial charge in [0, 0.05) is 33.9 Å². The molecule has 7 rings (SSSR count). The van der Waals surface area contributed by atoms with Crippen molar-refractivity contribution < 1.29 is 38.5 Å². The van der Waals surface area contributed by atoms with Crippen molar-refractivity contribution in [3.63, 3.8) is 0 Å². The highest BCUT2D eigenvalue weighted by molar-refractivity contribution is 5.97. The lowest BCUT2D eigenvalue weighted by atomic mass is 9.46. The number of aliphatic hydroxyl groups is 1. The number of hydrogen-bond acceptors (Lipinski definition) is 9. The smallest absolute Gasteiger partial charge is 0.320 e. The van der Waals surface area contributed by atoms with Gasteiger partial charge >= 0.3 is 5.97 Å². The third-order valence-electron chi connectivity index (χ3n) is 13.7. The van der Waals surface area contributed by atoms with Crippen molar-refractivity contribution >= 4 is 29.3 Å². The normalized spacial score (nSPS) is 32.7. The van der Waals surface area contributed by atoms with Gasteiger partial charge in [-0.2, -0.15) is 0 Å². The van der Waals surface area contributed by atoms with Crippen molar-refractivity contribution in [2.75, 3.05) is 32.6 Å². The minimum absolute atomic E-state index is 0.0277. The van der Waals surface area contributed by atoms with Gasteiger partial charge in [0.05, 0.1) is 18.8 Å². The van der Waals surface area contributed by atoms with Gasteiger partial charge in [-0.25, -0.2) is 0 Å². The van der Waals surface area contributed by atoms with E-state index in [-0.39, 0.29) is 53.2 Å². The van der Waals surface area contributed by atoms with E-state index >= 15 is 0 Å². The van der Waals surface area contributed by atoms with Crippen LogP contribution in [0.2, 0.25) is 0 Å². The number of aliphatic hydroxyl groups excluding tert-OH is 1. The molecule has 0 aromatic heterocycles. The Bertz CT molecular complexity index is 2020. The van der Waals surface area contributed by atoms with E-state index in [1.54, 1.807) is 39.8 Å². The Kier molecular flexibility index (Phi) is 11.5. The highest BCUT2D eigenvalue weighted by atomic mass is 16.7. The van der Waals surface area contributed by atoms with Gasteiger partial charge in [0.2, 0.25) is 17.6 Å². The van der Waals surface area contributed by atoms with E-state index < -0.39 is 48.1 Å². The molecule has 11 nitrogen and oxygen atoms in total. The van der Waals surface area contributed by atoms with Gasteiger partial charge < -0.3 is 30.0 Å². The number of hydrogen-bond donors (Lipinski definition) is 3. The third-order valence-corrected chi connectivity index (χ3v) is 13.7. The number of ether oxygens (including phenoxy) is 3. The van der Waals surface area contributed by atoms with Crippen LogP contribution in [0.25, 0.3) is 0 Å². The first-order valence-electron chi connectivity index (χ1n) is 20.7. The highest BCUT2D eigenvalue weighted by Crippen LogP contribution is 2.70. The molecular weight excluding hydrogens is 735 g/mol. The molecule has 310 valence electrons. The highest BCUT2D eigenvalue weighted by Gasteiger charge is 2.76. The molecule has 4 aliphatic carbocycles. The quantitative estimate of drug-likeness (QED) is 0.218. The van der Waals surface area contributed by atoms with Gasteiger partial charge in [-0.3, -0.25) is 24.1 Å². The maximum atomic E-state index is 14.7. The number of amides is 2. The summed E-state index contributed by atoms with van der Waals surface area (Å²) < 4.78 is 19.3. The van der Waals surface area contributed by atoms with Gasteiger partial charge in [-0.15, -0.1) is 0 Å². The molecule has 1 aliphatic heterocycles. The molecule has 0 radical (unpaired) electrons. The molecular formula is C47H59N3O8. The summed E-state index contributed by atoms with van der Waals surface area (Å²) in [6.45, 7) is 13.3. The van der Waals surface area contributed by atoms with E-state index in [4.69, 9.17) is 14.2 Å². The van der Waals surface area contributed by atoms with E-state index in [1.165, 1.54) is 5.57 Å². The summed E-state index contributed by atoms with van der Waals surface area (Å²) in [7, 11) is 3.53. The minimum atomic E-state index is -1.43. The Morgan fingerprint density at radius 3 is 2.48 bits per heavy atom. The first kappa shape index (κ1) is 41.7. The van der Waals surface area contributed by atoms with Crippen molar-refractivity contribution in [2.24, 2.45) is 34.5 Å². The van der Waals surface area contributed by atoms with Crippen LogP contribution >= 0.6 is 0 Å². The Labute approximate surface area is 342 Å². The predicted octanol–water partition coefficient (Wildman–Crippen LogP) is 6.08. The van der Waals surface area contributed by atoms with Gasteiger partial charge in [0.15, 0.2) is 18.5 Å². The number of Topliss-reactive ketones (excluding diaryl/α,β-unsaturated/α-hetero) is 1. The molecule has 2 amide bonds. The van der Waals surface area contributed by atoms with Crippen molar-refractivity contribution in [1.29, 1.82) is 0 Å². The number of esters is 1. The average Bonchev–Trinajstić information content (AvgIpc) is 3.67. The largest absolute Gasteiger partial charge is 0.457 e. The standard InChI is InChI=1S/C47H59N3O8/c1-27(2)42(54)48-29(4)43(55)49-34-11-9-10-31(22-34)21-30-12-14-32(15-13-30)44-57-39-23-36-35-17-16-33-20-28(3)18-19-45(33,5)41(35)37(51)24-46(36,6)47(39,58-44)38(52)26-56-40(53)25-50(7)8/h9-15,18-20,22,27,29,35-37,39,41,44,51H,3,16-17,21,23-26H2,1-2,4-8H3,(H,48,54)(H,49,55)/t29-,35-,36-,37-,39+,41+,44+,45-,46-,47+/m0/s1. The first-order valence-corrected chi connectivity index (χ1v) is 20.7. The fourth-order valence-corrected chi connectivity index (χ4v) is 10.8. The second kappa shape index (κ2) is 16.0. The second-order valence-corrected chi connectivity index (χ2v) is 18.2. The molecule has 11 heteroatoms. The summed E-state index contributed by atoms with van der Waals surface area (Å²) in [4.78, 5) is 53.9. The number of nitrogens with zero attached hydrogens (tertiary/aromatic N) is 1. The topological polar surface area (TPSA) is 144 Å². The SMILES string of the molecule is C=C1C=C[C@@]2(C)C(=C1)CC[C@@H]1[C@@H]2[C@@H](O)C[C@@]2(C)[C@H]1C[C@H]1O[C@@H](c3ccc(Cc4cccc(NC(=O)[C@H](C)NC(=O)C(C)C)c4)cc3)O[C@]12C(=O)COC(=O)CN(C)C. The minimum Gasteiger partial charge on any atom is -0.457 e. The van der Waals surface area contributed by atoms with Crippen LogP contribution in [-0.4, -0.2) is 84.7 Å². The van der Waals surface area contributed by atoms with E-state index in [2.05, 4.69) is 49.3 Å². The first-order chi connectivity index (χ1) is 27.4. The molecule has 0 spiro atoms. The number of fused-ring (bicyclic) bond motifs is 7.